The summed E-state index contributed by atoms with van der Waals surface area (Å²) in [6, 6.07) is 2.19. The molecule has 2 unspecified atom stereocenters. The number of ether oxygens (including phenoxy) is 2. The summed E-state index contributed by atoms with van der Waals surface area (Å²) in [5, 5.41) is 20.7. The number of fused-ring (bicyclic) bond motifs is 1. The lowest BCUT2D eigenvalue weighted by Gasteiger charge is -2.20. The number of anilines is 1. The summed E-state index contributed by atoms with van der Waals surface area (Å²) in [5.74, 6) is -0.580. The number of nitrogens with zero attached hydrogens (tertiary/aromatic N) is 5. The summed E-state index contributed by atoms with van der Waals surface area (Å²) in [7, 11) is -10.5. The summed E-state index contributed by atoms with van der Waals surface area (Å²) in [6.45, 7) is -1.45. The molecule has 3 aromatic heterocycles. The van der Waals surface area contributed by atoms with E-state index < -0.39 is 77.7 Å². The van der Waals surface area contributed by atoms with Gasteiger partial charge in [0.15, 0.2) is 30.0 Å². The number of phosphoric ester groups is 2. The van der Waals surface area contributed by atoms with Crippen LogP contribution in [0.1, 0.15) is 29.2 Å². The first-order valence-corrected chi connectivity index (χ1v) is 15.6. The Bertz CT molecular complexity index is 1590. The molecule has 5 heterocycles. The monoisotopic (exact) mass is 647 g/mol. The molecule has 0 aliphatic carbocycles. The first kappa shape index (κ1) is 31.5. The number of pyridine rings is 1. The highest BCUT2D eigenvalue weighted by Gasteiger charge is 2.49. The summed E-state index contributed by atoms with van der Waals surface area (Å²) < 4.78 is 53.0. The van der Waals surface area contributed by atoms with Crippen LogP contribution in [0.5, 0.6) is 0 Å². The number of primary amides is 1. The molecule has 5 rings (SSSR count). The molecule has 0 bridgehead atoms. The molecule has 3 aromatic rings. The molecule has 2 fully saturated rings. The Morgan fingerprint density at radius 3 is 2.49 bits per heavy atom. The van der Waals surface area contributed by atoms with E-state index in [9.17, 15) is 33.9 Å². The van der Waals surface area contributed by atoms with Gasteiger partial charge in [0.1, 0.15) is 35.8 Å². The Balaban J connectivity index is 1.14. The minimum Gasteiger partial charge on any atom is -0.387 e. The third-order valence-electron chi connectivity index (χ3n) is 6.73. The SMILES string of the molecule is NC(=O)c1ccc[n+]([C@@H]2O[C@H](COP(=O)(O)OP(=O)(O)OC[C@H]3O[C@@H](n4cnc5c(N)ncnc54)C[C@@H]3N)[C@@H](O)[C@H]2O)c1. The van der Waals surface area contributed by atoms with Gasteiger partial charge in [-0.15, -0.1) is 0 Å². The van der Waals surface area contributed by atoms with E-state index in [0.717, 1.165) is 0 Å². The van der Waals surface area contributed by atoms with Gasteiger partial charge in [0.2, 0.25) is 0 Å². The number of aliphatic hydroxyl groups excluding tert-OH is 2. The lowest BCUT2D eigenvalue weighted by atomic mass is 10.1. The van der Waals surface area contributed by atoms with Crippen molar-refractivity contribution in [2.75, 3.05) is 18.9 Å². The molecule has 9 atom stereocenters. The van der Waals surface area contributed by atoms with Crippen LogP contribution >= 0.6 is 15.6 Å². The molecule has 0 spiro atoms. The largest absolute Gasteiger partial charge is 0.481 e. The van der Waals surface area contributed by atoms with Crippen LogP contribution in [0.25, 0.3) is 11.2 Å². The van der Waals surface area contributed by atoms with Crippen LogP contribution in [0.15, 0.2) is 37.2 Å². The highest BCUT2D eigenvalue weighted by atomic mass is 31.3. The molecular weight excluding hydrogens is 618 g/mol. The molecule has 0 radical (unpaired) electrons. The van der Waals surface area contributed by atoms with Gasteiger partial charge in [-0.05, 0) is 6.07 Å². The normalized spacial score (nSPS) is 30.3. The van der Waals surface area contributed by atoms with Crippen molar-refractivity contribution < 1.29 is 61.3 Å². The zero-order chi connectivity index (χ0) is 31.1. The maximum absolute atomic E-state index is 12.4. The second-order valence-electron chi connectivity index (χ2n) is 9.67. The number of aromatic nitrogens is 5. The van der Waals surface area contributed by atoms with Gasteiger partial charge < -0.3 is 46.7 Å². The number of nitrogen functional groups attached to an aromatic ring is 1. The predicted molar refractivity (Wildman–Crippen MR) is 140 cm³/mol. The van der Waals surface area contributed by atoms with Crippen molar-refractivity contribution in [3.8, 4) is 0 Å². The van der Waals surface area contributed by atoms with E-state index in [0.29, 0.717) is 11.2 Å². The van der Waals surface area contributed by atoms with Crippen molar-refractivity contribution >= 4 is 38.5 Å². The summed E-state index contributed by atoms with van der Waals surface area (Å²) in [5.41, 5.74) is 18.0. The third kappa shape index (κ3) is 6.91. The number of phosphoric acid groups is 2. The van der Waals surface area contributed by atoms with Crippen molar-refractivity contribution in [1.29, 1.82) is 0 Å². The van der Waals surface area contributed by atoms with Crippen molar-refractivity contribution in [2.45, 2.75) is 49.3 Å². The fourth-order valence-electron chi connectivity index (χ4n) is 4.59. The van der Waals surface area contributed by atoms with Gasteiger partial charge in [-0.1, -0.05) is 0 Å². The zero-order valence-corrected chi connectivity index (χ0v) is 23.8. The third-order valence-corrected chi connectivity index (χ3v) is 9.33. The van der Waals surface area contributed by atoms with Crippen LogP contribution in [0, 0.1) is 0 Å². The molecular formula is C21H29N8O12P2+. The topological polar surface area (TPSA) is 304 Å². The van der Waals surface area contributed by atoms with Crippen molar-refractivity contribution in [3.05, 3.63) is 42.7 Å². The summed E-state index contributed by atoms with van der Waals surface area (Å²) in [6.07, 6.45) is -1.75. The molecule has 0 saturated carbocycles. The molecule has 1 amide bonds. The molecule has 43 heavy (non-hydrogen) atoms. The van der Waals surface area contributed by atoms with E-state index in [1.807, 2.05) is 0 Å². The highest BCUT2D eigenvalue weighted by molar-refractivity contribution is 7.61. The highest BCUT2D eigenvalue weighted by Crippen LogP contribution is 2.60. The Morgan fingerprint density at radius 1 is 1.09 bits per heavy atom. The number of hydrogen-bond acceptors (Lipinski definition) is 15. The Morgan fingerprint density at radius 2 is 1.79 bits per heavy atom. The van der Waals surface area contributed by atoms with E-state index >= 15 is 0 Å². The molecule has 10 N–H and O–H groups in total. The first-order valence-electron chi connectivity index (χ1n) is 12.6. The molecule has 2 saturated heterocycles. The van der Waals surface area contributed by atoms with Crippen LogP contribution in [0.3, 0.4) is 0 Å². The lowest BCUT2D eigenvalue weighted by molar-refractivity contribution is -0.765. The maximum atomic E-state index is 12.4. The van der Waals surface area contributed by atoms with E-state index in [4.69, 9.17) is 35.7 Å². The number of rotatable bonds is 11. The quantitative estimate of drug-likeness (QED) is 0.0872. The van der Waals surface area contributed by atoms with E-state index in [1.165, 1.54) is 41.7 Å². The van der Waals surface area contributed by atoms with E-state index in [2.05, 4.69) is 19.3 Å². The second-order valence-corrected chi connectivity index (χ2v) is 12.7. The summed E-state index contributed by atoms with van der Waals surface area (Å²) in [4.78, 5) is 43.7. The second kappa shape index (κ2) is 12.2. The fraction of sp³-hybridized carbons (Fsp3) is 0.476. The average molecular weight is 647 g/mol. The van der Waals surface area contributed by atoms with Crippen LogP contribution in [-0.2, 0) is 32.0 Å². The van der Waals surface area contributed by atoms with Gasteiger partial charge in [-0.25, -0.2) is 24.1 Å². The number of carbonyl (C=O) groups is 1. The van der Waals surface area contributed by atoms with Gasteiger partial charge >= 0.3 is 15.6 Å². The molecule has 234 valence electrons. The van der Waals surface area contributed by atoms with Gasteiger partial charge in [0, 0.05) is 18.5 Å². The number of aliphatic hydroxyl groups is 2. The molecule has 2 aliphatic rings. The molecule has 2 aliphatic heterocycles. The number of amides is 1. The Kier molecular flexibility index (Phi) is 8.92. The smallest absolute Gasteiger partial charge is 0.387 e. The molecule has 20 nitrogen and oxygen atoms in total. The number of carbonyl (C=O) groups excluding carboxylic acids is 1. The van der Waals surface area contributed by atoms with Gasteiger partial charge in [-0.2, -0.15) is 8.88 Å². The van der Waals surface area contributed by atoms with Crippen molar-refractivity contribution in [1.82, 2.24) is 19.5 Å². The van der Waals surface area contributed by atoms with Crippen molar-refractivity contribution in [2.24, 2.45) is 11.5 Å². The number of nitrogens with two attached hydrogens (primary N) is 3. The predicted octanol–water partition coefficient (Wildman–Crippen LogP) is -2.02. The molecule has 22 heteroatoms. The Labute approximate surface area is 242 Å². The van der Waals surface area contributed by atoms with Crippen LogP contribution < -0.4 is 21.8 Å². The Hall–Kier alpha value is -2.97. The maximum Gasteiger partial charge on any atom is 0.481 e. The molecule has 0 aromatic carbocycles. The van der Waals surface area contributed by atoms with Gasteiger partial charge in [-0.3, -0.25) is 18.4 Å². The summed E-state index contributed by atoms with van der Waals surface area (Å²) >= 11 is 0. The number of hydrogen-bond donors (Lipinski definition) is 7. The van der Waals surface area contributed by atoms with Crippen LogP contribution in [0.2, 0.25) is 0 Å². The number of imidazole rings is 1. The van der Waals surface area contributed by atoms with Crippen LogP contribution in [-0.4, -0.2) is 89.1 Å². The zero-order valence-electron chi connectivity index (χ0n) is 22.0. The first-order chi connectivity index (χ1) is 20.2. The minimum atomic E-state index is -5.28. The van der Waals surface area contributed by atoms with Gasteiger partial charge in [0.05, 0.1) is 25.6 Å². The standard InChI is InChI=1S/C21H28N8O12P2/c22-11-4-14(29-9-27-15-18(23)25-8-26-20(15)29)39-12(11)6-37-42(33,34)41-43(35,36)38-7-13-16(30)17(31)21(40-13)28-3-1-2-10(5-28)19(24)32/h1-3,5,8-9,11-14,16-17,21,30-31H,4,6-7,22H2,(H5-,23,24,25,26,32,33,34,35,36)/p+1/t11-,12+,13+,14+,16+,17+,21+/m0/s1. The average Bonchev–Trinajstić information content (AvgIpc) is 3.62. The van der Waals surface area contributed by atoms with E-state index in [1.54, 1.807) is 4.57 Å². The lowest BCUT2D eigenvalue weighted by Crippen LogP contribution is -2.46. The van der Waals surface area contributed by atoms with E-state index in [-0.39, 0.29) is 17.8 Å². The minimum absolute atomic E-state index is 0.0916. The van der Waals surface area contributed by atoms with Crippen LogP contribution in [0.4, 0.5) is 5.82 Å². The van der Waals surface area contributed by atoms with Crippen molar-refractivity contribution in [3.63, 3.8) is 0 Å². The van der Waals surface area contributed by atoms with Gasteiger partial charge in [0.25, 0.3) is 12.1 Å². The fourth-order valence-corrected chi connectivity index (χ4v) is 6.68.